The molecule has 21 heavy (non-hydrogen) atoms. The van der Waals surface area contributed by atoms with Crippen molar-refractivity contribution in [2.45, 2.75) is 11.8 Å². The molecule has 116 valence electrons. The number of nitrogens with zero attached hydrogens (tertiary/aromatic N) is 1. The first-order valence-corrected chi connectivity index (χ1v) is 7.91. The second-order valence-electron chi connectivity index (χ2n) is 4.21. The molecule has 0 saturated carbocycles. The lowest BCUT2D eigenvalue weighted by atomic mass is 10.2. The van der Waals surface area contributed by atoms with Crippen LogP contribution in [0.2, 0.25) is 0 Å². The van der Waals surface area contributed by atoms with E-state index in [9.17, 15) is 17.6 Å². The van der Waals surface area contributed by atoms with E-state index in [2.05, 4.69) is 16.9 Å². The van der Waals surface area contributed by atoms with Crippen LogP contribution in [-0.4, -0.2) is 44.4 Å². The third-order valence-corrected chi connectivity index (χ3v) is 4.47. The third-order valence-electron chi connectivity index (χ3n) is 2.82. The average Bonchev–Trinajstić information content (AvgIpc) is 2.43. The van der Waals surface area contributed by atoms with Crippen LogP contribution in [0.15, 0.2) is 23.1 Å². The Bertz CT molecular complexity index is 662. The third kappa shape index (κ3) is 4.19. The lowest BCUT2D eigenvalue weighted by Gasteiger charge is -2.15. The number of likely N-dealkylation sites (N-methyl/N-ethyl adjacent to an activating group) is 1. The van der Waals surface area contributed by atoms with Crippen molar-refractivity contribution in [3.63, 3.8) is 0 Å². The monoisotopic (exact) mass is 333 g/mol. The first-order chi connectivity index (χ1) is 9.70. The molecule has 0 spiro atoms. The minimum Gasteiger partial charge on any atom is -0.389 e. The van der Waals surface area contributed by atoms with Gasteiger partial charge in [-0.2, -0.15) is 0 Å². The maximum atomic E-state index is 13.7. The number of carbonyl (C=O) groups is 1. The van der Waals surface area contributed by atoms with Crippen molar-refractivity contribution in [1.29, 1.82) is 0 Å². The molecular weight excluding hydrogens is 317 g/mol. The molecule has 1 aromatic carbocycles. The van der Waals surface area contributed by atoms with Gasteiger partial charge in [-0.25, -0.2) is 17.5 Å². The molecular formula is C12H16FN3O3S2. The van der Waals surface area contributed by atoms with Gasteiger partial charge in [0.15, 0.2) is 0 Å². The van der Waals surface area contributed by atoms with Crippen LogP contribution in [0.4, 0.5) is 4.39 Å². The molecule has 9 heteroatoms. The summed E-state index contributed by atoms with van der Waals surface area (Å²) in [6.45, 7) is 1.77. The Labute approximate surface area is 128 Å². The lowest BCUT2D eigenvalue weighted by Crippen LogP contribution is -2.38. The van der Waals surface area contributed by atoms with E-state index in [0.29, 0.717) is 6.54 Å². The number of nitrogens with two attached hydrogens (primary N) is 1. The van der Waals surface area contributed by atoms with Crippen molar-refractivity contribution in [3.8, 4) is 0 Å². The van der Waals surface area contributed by atoms with Crippen molar-refractivity contribution < 1.29 is 17.6 Å². The standard InChI is InChI=1S/C12H16FN3O3S2/c1-3-16(2)10(17)7-15-21(18,19)9-6-4-5-8(13)11(9)12(14)20/h4-6,15H,3,7H2,1-2H3,(H2,14,20). The van der Waals surface area contributed by atoms with E-state index in [1.165, 1.54) is 17.0 Å². The van der Waals surface area contributed by atoms with Crippen LogP contribution in [-0.2, 0) is 14.8 Å². The summed E-state index contributed by atoms with van der Waals surface area (Å²) in [4.78, 5) is 12.2. The summed E-state index contributed by atoms with van der Waals surface area (Å²) in [6.07, 6.45) is 0. The molecule has 0 aliphatic rings. The van der Waals surface area contributed by atoms with Crippen molar-refractivity contribution in [2.24, 2.45) is 5.73 Å². The quantitative estimate of drug-likeness (QED) is 0.727. The van der Waals surface area contributed by atoms with Gasteiger partial charge in [-0.15, -0.1) is 0 Å². The number of amides is 1. The number of hydrogen-bond donors (Lipinski definition) is 2. The number of benzene rings is 1. The van der Waals surface area contributed by atoms with E-state index < -0.39 is 28.3 Å². The summed E-state index contributed by atoms with van der Waals surface area (Å²) >= 11 is 4.67. The van der Waals surface area contributed by atoms with E-state index in [1.54, 1.807) is 14.0 Å². The Hall–Kier alpha value is -1.58. The number of carbonyl (C=O) groups excluding carboxylic acids is 1. The molecule has 0 atom stereocenters. The van der Waals surface area contributed by atoms with Gasteiger partial charge in [0.2, 0.25) is 15.9 Å². The molecule has 6 nitrogen and oxygen atoms in total. The van der Waals surface area contributed by atoms with Crippen LogP contribution in [0.5, 0.6) is 0 Å². The Kier molecular flexibility index (Phi) is 5.76. The second-order valence-corrected chi connectivity index (χ2v) is 6.38. The zero-order valence-electron chi connectivity index (χ0n) is 11.6. The Morgan fingerprint density at radius 2 is 2.10 bits per heavy atom. The summed E-state index contributed by atoms with van der Waals surface area (Å²) in [6, 6.07) is 3.46. The van der Waals surface area contributed by atoms with Crippen LogP contribution in [0.1, 0.15) is 12.5 Å². The number of sulfonamides is 1. The summed E-state index contributed by atoms with van der Waals surface area (Å²) in [5, 5.41) is 0. The van der Waals surface area contributed by atoms with E-state index in [0.717, 1.165) is 6.07 Å². The van der Waals surface area contributed by atoms with Gasteiger partial charge < -0.3 is 10.6 Å². The molecule has 3 N–H and O–H groups in total. The molecule has 0 heterocycles. The van der Waals surface area contributed by atoms with Crippen LogP contribution < -0.4 is 10.5 Å². The number of halogens is 1. The summed E-state index contributed by atoms with van der Waals surface area (Å²) < 4.78 is 40.1. The Balaban J connectivity index is 3.07. The van der Waals surface area contributed by atoms with Crippen LogP contribution in [0, 0.1) is 5.82 Å². The van der Waals surface area contributed by atoms with E-state index in [-0.39, 0.29) is 15.4 Å². The molecule has 0 aromatic heterocycles. The minimum absolute atomic E-state index is 0.365. The highest BCUT2D eigenvalue weighted by Crippen LogP contribution is 2.18. The van der Waals surface area contributed by atoms with Gasteiger partial charge in [0.1, 0.15) is 10.8 Å². The molecule has 1 amide bonds. The van der Waals surface area contributed by atoms with Gasteiger partial charge in [0.25, 0.3) is 0 Å². The molecule has 1 aromatic rings. The number of hydrogen-bond acceptors (Lipinski definition) is 4. The fraction of sp³-hybridized carbons (Fsp3) is 0.333. The van der Waals surface area contributed by atoms with Crippen molar-refractivity contribution in [1.82, 2.24) is 9.62 Å². The first kappa shape index (κ1) is 17.5. The fourth-order valence-electron chi connectivity index (χ4n) is 1.51. The van der Waals surface area contributed by atoms with E-state index in [4.69, 9.17) is 5.73 Å². The summed E-state index contributed by atoms with van der Waals surface area (Å²) in [5.41, 5.74) is 5.00. The van der Waals surface area contributed by atoms with Gasteiger partial charge in [-0.3, -0.25) is 4.79 Å². The minimum atomic E-state index is -4.10. The average molecular weight is 333 g/mol. The largest absolute Gasteiger partial charge is 0.389 e. The summed E-state index contributed by atoms with van der Waals surface area (Å²) in [5.74, 6) is -1.24. The highest BCUT2D eigenvalue weighted by molar-refractivity contribution is 7.89. The molecule has 1 rings (SSSR count). The van der Waals surface area contributed by atoms with Crippen molar-refractivity contribution >= 4 is 33.1 Å². The first-order valence-electron chi connectivity index (χ1n) is 6.02. The van der Waals surface area contributed by atoms with Gasteiger partial charge in [-0.1, -0.05) is 18.3 Å². The number of rotatable bonds is 6. The van der Waals surface area contributed by atoms with Gasteiger partial charge >= 0.3 is 0 Å². The van der Waals surface area contributed by atoms with Crippen LogP contribution in [0.3, 0.4) is 0 Å². The predicted molar refractivity (Wildman–Crippen MR) is 80.8 cm³/mol. The fourth-order valence-corrected chi connectivity index (χ4v) is 2.99. The number of nitrogens with one attached hydrogen (secondary N) is 1. The second kappa shape index (κ2) is 6.92. The van der Waals surface area contributed by atoms with Gasteiger partial charge in [0, 0.05) is 13.6 Å². The molecule has 0 saturated heterocycles. The highest BCUT2D eigenvalue weighted by atomic mass is 32.2. The molecule has 0 radical (unpaired) electrons. The Morgan fingerprint density at radius 3 is 2.62 bits per heavy atom. The topological polar surface area (TPSA) is 92.5 Å². The maximum Gasteiger partial charge on any atom is 0.241 e. The summed E-state index contributed by atoms with van der Waals surface area (Å²) in [7, 11) is -2.56. The smallest absolute Gasteiger partial charge is 0.241 e. The zero-order chi connectivity index (χ0) is 16.2. The molecule has 0 unspecified atom stereocenters. The van der Waals surface area contributed by atoms with Crippen molar-refractivity contribution in [3.05, 3.63) is 29.6 Å². The zero-order valence-corrected chi connectivity index (χ0v) is 13.2. The maximum absolute atomic E-state index is 13.7. The molecule has 0 fully saturated rings. The predicted octanol–water partition coefficient (Wildman–Crippen LogP) is 0.217. The highest BCUT2D eigenvalue weighted by Gasteiger charge is 2.23. The number of thiocarbonyl (C=S) groups is 1. The molecule has 0 aliphatic carbocycles. The SMILES string of the molecule is CCN(C)C(=O)CNS(=O)(=O)c1cccc(F)c1C(N)=S. The van der Waals surface area contributed by atoms with Gasteiger partial charge in [0.05, 0.1) is 17.0 Å². The van der Waals surface area contributed by atoms with E-state index in [1.807, 2.05) is 0 Å². The van der Waals surface area contributed by atoms with Gasteiger partial charge in [-0.05, 0) is 19.1 Å². The lowest BCUT2D eigenvalue weighted by molar-refractivity contribution is -0.128. The molecule has 0 bridgehead atoms. The molecule has 0 aliphatic heterocycles. The Morgan fingerprint density at radius 1 is 1.48 bits per heavy atom. The van der Waals surface area contributed by atoms with Crippen LogP contribution >= 0.6 is 12.2 Å². The van der Waals surface area contributed by atoms with E-state index >= 15 is 0 Å². The normalized spacial score (nSPS) is 11.2. The van der Waals surface area contributed by atoms with Crippen molar-refractivity contribution in [2.75, 3.05) is 20.1 Å². The van der Waals surface area contributed by atoms with Crippen LogP contribution in [0.25, 0.3) is 0 Å².